The van der Waals surface area contributed by atoms with Gasteiger partial charge in [0.2, 0.25) is 11.8 Å². The van der Waals surface area contributed by atoms with Gasteiger partial charge in [0, 0.05) is 18.2 Å². The van der Waals surface area contributed by atoms with E-state index in [1.807, 2.05) is 60.7 Å². The molecular weight excluding hydrogens is 441 g/mol. The van der Waals surface area contributed by atoms with Gasteiger partial charge in [0.15, 0.2) is 0 Å². The third-order valence-corrected chi connectivity index (χ3v) is 5.23. The van der Waals surface area contributed by atoms with Gasteiger partial charge < -0.3 is 15.2 Å². The quantitative estimate of drug-likeness (QED) is 0.329. The summed E-state index contributed by atoms with van der Waals surface area (Å²) in [7, 11) is 0. The average molecular weight is 464 g/mol. The molecule has 3 aromatic carbocycles. The Kier molecular flexibility index (Phi) is 7.13. The molecule has 4 aromatic rings. The van der Waals surface area contributed by atoms with Crippen LogP contribution in [0.15, 0.2) is 91.0 Å². The van der Waals surface area contributed by atoms with Crippen LogP contribution < -0.4 is 15.2 Å². The molecule has 0 unspecified atom stereocenters. The van der Waals surface area contributed by atoms with Crippen molar-refractivity contribution in [3.8, 4) is 22.9 Å². The van der Waals surface area contributed by atoms with E-state index in [9.17, 15) is 13.2 Å². The number of halogens is 3. The molecule has 34 heavy (non-hydrogen) atoms. The van der Waals surface area contributed by atoms with Gasteiger partial charge in [0.1, 0.15) is 13.2 Å². The highest BCUT2D eigenvalue weighted by Gasteiger charge is 2.31. The molecule has 4 rings (SSSR count). The van der Waals surface area contributed by atoms with Crippen molar-refractivity contribution in [1.29, 1.82) is 0 Å². The lowest BCUT2D eigenvalue weighted by Gasteiger charge is -2.16. The molecule has 1 heterocycles. The lowest BCUT2D eigenvalue weighted by Crippen LogP contribution is -2.09. The number of benzene rings is 3. The molecule has 0 atom stereocenters. The number of rotatable bonds is 8. The molecule has 2 N–H and O–H groups in total. The Morgan fingerprint density at radius 1 is 0.706 bits per heavy atom. The number of ether oxygens (including phenoxy) is 2. The molecule has 174 valence electrons. The van der Waals surface area contributed by atoms with E-state index in [-0.39, 0.29) is 19.0 Å². The minimum absolute atomic E-state index is 0.0658. The van der Waals surface area contributed by atoms with Crippen molar-refractivity contribution >= 4 is 0 Å². The van der Waals surface area contributed by atoms with E-state index in [4.69, 9.17) is 15.2 Å². The van der Waals surface area contributed by atoms with Gasteiger partial charge in [0.25, 0.3) is 0 Å². The van der Waals surface area contributed by atoms with Crippen LogP contribution in [0, 0.1) is 0 Å². The zero-order valence-corrected chi connectivity index (χ0v) is 18.3. The van der Waals surface area contributed by atoms with Crippen molar-refractivity contribution in [3.05, 3.63) is 113 Å². The van der Waals surface area contributed by atoms with Crippen molar-refractivity contribution in [2.24, 2.45) is 5.73 Å². The van der Waals surface area contributed by atoms with Crippen molar-refractivity contribution in [3.63, 3.8) is 0 Å². The van der Waals surface area contributed by atoms with Crippen LogP contribution in [0.3, 0.4) is 0 Å². The normalized spacial score (nSPS) is 11.3. The summed E-state index contributed by atoms with van der Waals surface area (Å²) in [4.78, 5) is 4.52. The highest BCUT2D eigenvalue weighted by molar-refractivity contribution is 5.72. The van der Waals surface area contributed by atoms with Crippen LogP contribution >= 0.6 is 0 Å². The molecule has 0 saturated carbocycles. The molecule has 0 bridgehead atoms. The summed E-state index contributed by atoms with van der Waals surface area (Å²) >= 11 is 0. The van der Waals surface area contributed by atoms with Gasteiger partial charge in [-0.3, -0.25) is 0 Å². The zero-order chi connectivity index (χ0) is 24.0. The van der Waals surface area contributed by atoms with E-state index < -0.39 is 11.7 Å². The maximum atomic E-state index is 13.2. The smallest absolute Gasteiger partial charge is 0.416 e. The first-order valence-corrected chi connectivity index (χ1v) is 10.7. The predicted octanol–water partition coefficient (Wildman–Crippen LogP) is 6.38. The molecule has 0 amide bonds. The summed E-state index contributed by atoms with van der Waals surface area (Å²) < 4.78 is 51.5. The summed E-state index contributed by atoms with van der Waals surface area (Å²) in [6.45, 7) is 0.491. The van der Waals surface area contributed by atoms with Gasteiger partial charge >= 0.3 is 6.18 Å². The maximum absolute atomic E-state index is 13.2. The Morgan fingerprint density at radius 3 is 1.88 bits per heavy atom. The van der Waals surface area contributed by atoms with Gasteiger partial charge in [-0.1, -0.05) is 66.7 Å². The first kappa shape index (κ1) is 23.3. The number of hydrogen-bond acceptors (Lipinski definition) is 4. The highest BCUT2D eigenvalue weighted by Crippen LogP contribution is 2.37. The standard InChI is InChI=1S/C27H23F3N2O2/c28-27(29,30)22-11-12-23(21(15-22)16-31)24-13-14-25(33-17-19-7-3-1-4-8-19)32-26(24)34-18-20-9-5-2-6-10-20/h1-15H,16-18,31H2. The lowest BCUT2D eigenvalue weighted by molar-refractivity contribution is -0.137. The Bertz CT molecular complexity index is 1230. The molecule has 0 spiro atoms. The minimum atomic E-state index is -4.46. The molecule has 4 nitrogen and oxygen atoms in total. The summed E-state index contributed by atoms with van der Waals surface area (Å²) in [5, 5.41) is 0. The summed E-state index contributed by atoms with van der Waals surface area (Å²) in [5.74, 6) is 0.598. The third-order valence-electron chi connectivity index (χ3n) is 5.23. The van der Waals surface area contributed by atoms with Crippen molar-refractivity contribution in [1.82, 2.24) is 4.98 Å². The number of nitrogens with two attached hydrogens (primary N) is 1. The number of aromatic nitrogens is 1. The van der Waals surface area contributed by atoms with E-state index in [0.717, 1.165) is 23.3 Å². The maximum Gasteiger partial charge on any atom is 0.416 e. The summed E-state index contributed by atoms with van der Waals surface area (Å²) in [6.07, 6.45) is -4.46. The Labute approximate surface area is 195 Å². The second-order valence-electron chi connectivity index (χ2n) is 7.62. The van der Waals surface area contributed by atoms with E-state index in [1.165, 1.54) is 6.07 Å². The first-order valence-electron chi connectivity index (χ1n) is 10.7. The van der Waals surface area contributed by atoms with Crippen LogP contribution in [-0.2, 0) is 25.9 Å². The lowest BCUT2D eigenvalue weighted by atomic mass is 9.98. The Balaban J connectivity index is 1.67. The third kappa shape index (κ3) is 5.74. The first-order chi connectivity index (χ1) is 16.4. The summed E-state index contributed by atoms with van der Waals surface area (Å²) in [5.41, 5.74) is 8.38. The molecule has 0 aliphatic carbocycles. The van der Waals surface area contributed by atoms with Gasteiger partial charge in [-0.15, -0.1) is 0 Å². The monoisotopic (exact) mass is 464 g/mol. The SMILES string of the molecule is NCc1cc(C(F)(F)F)ccc1-c1ccc(OCc2ccccc2)nc1OCc1ccccc1. The van der Waals surface area contributed by atoms with Crippen molar-refractivity contribution < 1.29 is 22.6 Å². The second-order valence-corrected chi connectivity index (χ2v) is 7.62. The highest BCUT2D eigenvalue weighted by atomic mass is 19.4. The van der Waals surface area contributed by atoms with Crippen LogP contribution in [0.5, 0.6) is 11.8 Å². The molecule has 0 radical (unpaired) electrons. The molecule has 0 fully saturated rings. The molecule has 1 aromatic heterocycles. The van der Waals surface area contributed by atoms with Gasteiger partial charge in [-0.2, -0.15) is 18.2 Å². The van der Waals surface area contributed by atoms with Crippen molar-refractivity contribution in [2.45, 2.75) is 25.9 Å². The van der Waals surface area contributed by atoms with Crippen molar-refractivity contribution in [2.75, 3.05) is 0 Å². The fourth-order valence-electron chi connectivity index (χ4n) is 3.48. The Morgan fingerprint density at radius 2 is 1.29 bits per heavy atom. The molecule has 0 aliphatic heterocycles. The molecule has 0 saturated heterocycles. The largest absolute Gasteiger partial charge is 0.473 e. The zero-order valence-electron chi connectivity index (χ0n) is 18.3. The number of nitrogens with zero attached hydrogens (tertiary/aromatic N) is 1. The van der Waals surface area contributed by atoms with Crippen LogP contribution in [0.2, 0.25) is 0 Å². The Hall–Kier alpha value is -3.84. The van der Waals surface area contributed by atoms with Crippen LogP contribution in [-0.4, -0.2) is 4.98 Å². The molecular formula is C27H23F3N2O2. The minimum Gasteiger partial charge on any atom is -0.473 e. The topological polar surface area (TPSA) is 57.4 Å². The number of pyridine rings is 1. The molecule has 7 heteroatoms. The molecule has 0 aliphatic rings. The van der Waals surface area contributed by atoms with Gasteiger partial charge in [0.05, 0.1) is 5.56 Å². The second kappa shape index (κ2) is 10.4. The van der Waals surface area contributed by atoms with Gasteiger partial charge in [-0.25, -0.2) is 0 Å². The van der Waals surface area contributed by atoms with E-state index in [2.05, 4.69) is 4.98 Å². The van der Waals surface area contributed by atoms with E-state index in [0.29, 0.717) is 29.2 Å². The van der Waals surface area contributed by atoms with Crippen LogP contribution in [0.1, 0.15) is 22.3 Å². The van der Waals surface area contributed by atoms with Gasteiger partial charge in [-0.05, 0) is 40.5 Å². The van der Waals surface area contributed by atoms with E-state index >= 15 is 0 Å². The fourth-order valence-corrected chi connectivity index (χ4v) is 3.48. The predicted molar refractivity (Wildman–Crippen MR) is 124 cm³/mol. The average Bonchev–Trinajstić information content (AvgIpc) is 2.86. The van der Waals surface area contributed by atoms with Crippen LogP contribution in [0.4, 0.5) is 13.2 Å². The summed E-state index contributed by atoms with van der Waals surface area (Å²) in [6, 6.07) is 26.1. The number of hydrogen-bond donors (Lipinski definition) is 1. The van der Waals surface area contributed by atoms with E-state index in [1.54, 1.807) is 12.1 Å². The number of alkyl halides is 3. The van der Waals surface area contributed by atoms with Crippen LogP contribution in [0.25, 0.3) is 11.1 Å². The fraction of sp³-hybridized carbons (Fsp3) is 0.148.